The molecule has 0 rings (SSSR count). The molecule has 1 unspecified atom stereocenters. The normalized spacial score (nSPS) is 14.1. The molecule has 0 aromatic rings. The van der Waals surface area contributed by atoms with Gasteiger partial charge in [-0.05, 0) is 53.5 Å². The van der Waals surface area contributed by atoms with Crippen molar-refractivity contribution in [2.75, 3.05) is 27.4 Å². The standard InChI is InChI=1S/C13H29NO2/c1-12(14-4)8-6-7-10-16-11-9-13(2,3)15-5/h12,14H,6-11H2,1-5H3. The minimum absolute atomic E-state index is 0.0549. The molecule has 1 atom stereocenters. The third-order valence-corrected chi connectivity index (χ3v) is 3.07. The highest BCUT2D eigenvalue weighted by Crippen LogP contribution is 2.12. The van der Waals surface area contributed by atoms with Crippen molar-refractivity contribution in [2.45, 2.75) is 58.1 Å². The Labute approximate surface area is 101 Å². The van der Waals surface area contributed by atoms with Crippen LogP contribution in [0.15, 0.2) is 0 Å². The van der Waals surface area contributed by atoms with Crippen LogP contribution < -0.4 is 5.32 Å². The lowest BCUT2D eigenvalue weighted by molar-refractivity contribution is -0.0102. The highest BCUT2D eigenvalue weighted by Gasteiger charge is 2.15. The quantitative estimate of drug-likeness (QED) is 0.586. The Hall–Kier alpha value is -0.120. The van der Waals surface area contributed by atoms with Gasteiger partial charge >= 0.3 is 0 Å². The maximum atomic E-state index is 5.59. The predicted octanol–water partition coefficient (Wildman–Crippen LogP) is 2.60. The van der Waals surface area contributed by atoms with Crippen LogP contribution in [-0.4, -0.2) is 39.0 Å². The maximum Gasteiger partial charge on any atom is 0.0644 e. The molecule has 0 fully saturated rings. The number of rotatable bonds is 10. The third kappa shape index (κ3) is 9.13. The van der Waals surface area contributed by atoms with Crippen LogP contribution >= 0.6 is 0 Å². The van der Waals surface area contributed by atoms with Crippen LogP contribution in [0.25, 0.3) is 0 Å². The molecular weight excluding hydrogens is 202 g/mol. The van der Waals surface area contributed by atoms with E-state index in [9.17, 15) is 0 Å². The van der Waals surface area contributed by atoms with E-state index in [-0.39, 0.29) is 5.60 Å². The summed E-state index contributed by atoms with van der Waals surface area (Å²) in [5.74, 6) is 0. The molecule has 3 nitrogen and oxygen atoms in total. The smallest absolute Gasteiger partial charge is 0.0644 e. The third-order valence-electron chi connectivity index (χ3n) is 3.07. The highest BCUT2D eigenvalue weighted by molar-refractivity contribution is 4.66. The molecule has 0 heterocycles. The minimum Gasteiger partial charge on any atom is -0.381 e. The van der Waals surface area contributed by atoms with E-state index in [0.29, 0.717) is 6.04 Å². The van der Waals surface area contributed by atoms with Gasteiger partial charge in [0.05, 0.1) is 5.60 Å². The summed E-state index contributed by atoms with van der Waals surface area (Å²) >= 11 is 0. The van der Waals surface area contributed by atoms with E-state index in [4.69, 9.17) is 9.47 Å². The Morgan fingerprint density at radius 3 is 2.44 bits per heavy atom. The molecule has 0 bridgehead atoms. The number of hydrogen-bond acceptors (Lipinski definition) is 3. The molecule has 98 valence electrons. The zero-order valence-corrected chi connectivity index (χ0v) is 11.6. The Balaban J connectivity index is 3.22. The van der Waals surface area contributed by atoms with Crippen LogP contribution in [0.3, 0.4) is 0 Å². The fourth-order valence-electron chi connectivity index (χ4n) is 1.32. The van der Waals surface area contributed by atoms with Gasteiger partial charge in [0, 0.05) is 26.4 Å². The molecule has 0 aliphatic rings. The van der Waals surface area contributed by atoms with Crippen LogP contribution in [0.1, 0.15) is 46.5 Å². The number of unbranched alkanes of at least 4 members (excludes halogenated alkanes) is 1. The van der Waals surface area contributed by atoms with E-state index in [1.54, 1.807) is 7.11 Å². The molecule has 0 saturated heterocycles. The first kappa shape index (κ1) is 15.9. The van der Waals surface area contributed by atoms with Crippen molar-refractivity contribution in [2.24, 2.45) is 0 Å². The zero-order chi connectivity index (χ0) is 12.4. The van der Waals surface area contributed by atoms with Gasteiger partial charge in [-0.2, -0.15) is 0 Å². The monoisotopic (exact) mass is 231 g/mol. The second kappa shape index (κ2) is 8.97. The van der Waals surface area contributed by atoms with Gasteiger partial charge in [-0.15, -0.1) is 0 Å². The van der Waals surface area contributed by atoms with Gasteiger partial charge in [0.15, 0.2) is 0 Å². The Morgan fingerprint density at radius 2 is 1.88 bits per heavy atom. The molecule has 1 N–H and O–H groups in total. The van der Waals surface area contributed by atoms with Crippen molar-refractivity contribution in [3.05, 3.63) is 0 Å². The largest absolute Gasteiger partial charge is 0.381 e. The van der Waals surface area contributed by atoms with E-state index in [0.717, 1.165) is 26.1 Å². The summed E-state index contributed by atoms with van der Waals surface area (Å²) in [5, 5.41) is 3.24. The first-order chi connectivity index (χ1) is 7.52. The molecule has 0 aliphatic carbocycles. The number of ether oxygens (including phenoxy) is 2. The van der Waals surface area contributed by atoms with Gasteiger partial charge in [0.2, 0.25) is 0 Å². The fourth-order valence-corrected chi connectivity index (χ4v) is 1.32. The van der Waals surface area contributed by atoms with Gasteiger partial charge in [-0.1, -0.05) is 0 Å². The lowest BCUT2D eigenvalue weighted by Gasteiger charge is -2.22. The first-order valence-electron chi connectivity index (χ1n) is 6.32. The molecule has 3 heteroatoms. The van der Waals surface area contributed by atoms with Gasteiger partial charge in [-0.3, -0.25) is 0 Å². The van der Waals surface area contributed by atoms with E-state index in [1.807, 2.05) is 7.05 Å². The zero-order valence-electron chi connectivity index (χ0n) is 11.6. The van der Waals surface area contributed by atoms with E-state index >= 15 is 0 Å². The summed E-state index contributed by atoms with van der Waals surface area (Å²) in [6.45, 7) is 8.05. The average molecular weight is 231 g/mol. The maximum absolute atomic E-state index is 5.59. The summed E-state index contributed by atoms with van der Waals surface area (Å²) in [4.78, 5) is 0. The molecule has 0 saturated carbocycles. The lowest BCUT2D eigenvalue weighted by atomic mass is 10.1. The van der Waals surface area contributed by atoms with Crippen molar-refractivity contribution in [3.63, 3.8) is 0 Å². The Kier molecular flexibility index (Phi) is 8.90. The van der Waals surface area contributed by atoms with Crippen molar-refractivity contribution in [3.8, 4) is 0 Å². The topological polar surface area (TPSA) is 30.5 Å². The molecule has 16 heavy (non-hydrogen) atoms. The molecule has 0 aliphatic heterocycles. The van der Waals surface area contributed by atoms with E-state index < -0.39 is 0 Å². The van der Waals surface area contributed by atoms with Gasteiger partial charge < -0.3 is 14.8 Å². The van der Waals surface area contributed by atoms with Crippen LogP contribution in [0.2, 0.25) is 0 Å². The average Bonchev–Trinajstić information content (AvgIpc) is 2.27. The summed E-state index contributed by atoms with van der Waals surface area (Å²) in [7, 11) is 3.76. The summed E-state index contributed by atoms with van der Waals surface area (Å²) in [6, 6.07) is 0.618. The fraction of sp³-hybridized carbons (Fsp3) is 1.00. The van der Waals surface area contributed by atoms with Gasteiger partial charge in [-0.25, -0.2) is 0 Å². The lowest BCUT2D eigenvalue weighted by Crippen LogP contribution is -2.24. The van der Waals surface area contributed by atoms with Gasteiger partial charge in [0.25, 0.3) is 0 Å². The number of methoxy groups -OCH3 is 1. The second-order valence-electron chi connectivity index (χ2n) is 5.01. The Morgan fingerprint density at radius 1 is 1.19 bits per heavy atom. The molecule has 0 aromatic heterocycles. The number of hydrogen-bond donors (Lipinski definition) is 1. The van der Waals surface area contributed by atoms with Crippen LogP contribution in [-0.2, 0) is 9.47 Å². The predicted molar refractivity (Wildman–Crippen MR) is 68.9 cm³/mol. The summed E-state index contributed by atoms with van der Waals surface area (Å²) < 4.78 is 10.9. The minimum atomic E-state index is -0.0549. The van der Waals surface area contributed by atoms with Gasteiger partial charge in [0.1, 0.15) is 0 Å². The number of nitrogens with one attached hydrogen (secondary N) is 1. The van der Waals surface area contributed by atoms with Crippen molar-refractivity contribution < 1.29 is 9.47 Å². The van der Waals surface area contributed by atoms with Crippen molar-refractivity contribution in [1.29, 1.82) is 0 Å². The highest BCUT2D eigenvalue weighted by atomic mass is 16.5. The SMILES string of the molecule is CNC(C)CCCCOCCC(C)(C)OC. The molecule has 0 spiro atoms. The van der Waals surface area contributed by atoms with Crippen molar-refractivity contribution >= 4 is 0 Å². The second-order valence-corrected chi connectivity index (χ2v) is 5.01. The first-order valence-corrected chi connectivity index (χ1v) is 6.32. The summed E-state index contributed by atoms with van der Waals surface area (Å²) in [5.41, 5.74) is -0.0549. The van der Waals surface area contributed by atoms with Crippen LogP contribution in [0.4, 0.5) is 0 Å². The van der Waals surface area contributed by atoms with Crippen LogP contribution in [0, 0.1) is 0 Å². The molecular formula is C13H29NO2. The Bertz CT molecular complexity index is 160. The van der Waals surface area contributed by atoms with Crippen molar-refractivity contribution in [1.82, 2.24) is 5.32 Å². The van der Waals surface area contributed by atoms with E-state index in [1.165, 1.54) is 12.8 Å². The molecule has 0 amide bonds. The van der Waals surface area contributed by atoms with E-state index in [2.05, 4.69) is 26.1 Å². The molecule has 0 aromatic carbocycles. The van der Waals surface area contributed by atoms with Crippen LogP contribution in [0.5, 0.6) is 0 Å². The summed E-state index contributed by atoms with van der Waals surface area (Å²) in [6.07, 6.45) is 4.56. The molecule has 0 radical (unpaired) electrons.